The quantitative estimate of drug-likeness (QED) is 0.791. The zero-order valence-corrected chi connectivity index (χ0v) is 9.29. The van der Waals surface area contributed by atoms with Crippen LogP contribution in [0.25, 0.3) is 0 Å². The van der Waals surface area contributed by atoms with Crippen LogP contribution in [-0.4, -0.2) is 14.2 Å². The molecule has 0 amide bonds. The van der Waals surface area contributed by atoms with Crippen LogP contribution in [0, 0.1) is 3.57 Å². The topological polar surface area (TPSA) is 18.5 Å². The van der Waals surface area contributed by atoms with Crippen molar-refractivity contribution in [1.82, 2.24) is 0 Å². The van der Waals surface area contributed by atoms with Gasteiger partial charge in [-0.25, -0.2) is 0 Å². The molecule has 2 nitrogen and oxygen atoms in total. The Bertz CT molecular complexity index is 261. The summed E-state index contributed by atoms with van der Waals surface area (Å²) in [6.07, 6.45) is 0. The Kier molecular flexibility index (Phi) is 3.81. The highest BCUT2D eigenvalue weighted by Crippen LogP contribution is 2.19. The van der Waals surface area contributed by atoms with Crippen molar-refractivity contribution in [1.29, 1.82) is 0 Å². The van der Waals surface area contributed by atoms with Crippen LogP contribution in [0.5, 0.6) is 5.75 Å². The lowest BCUT2D eigenvalue weighted by atomic mass is 10.2. The van der Waals surface area contributed by atoms with E-state index in [1.165, 1.54) is 9.13 Å². The third kappa shape index (κ3) is 2.35. The molecule has 0 unspecified atom stereocenters. The molecule has 1 aromatic rings. The highest BCUT2D eigenvalue weighted by molar-refractivity contribution is 14.1. The van der Waals surface area contributed by atoms with Crippen molar-refractivity contribution in [2.24, 2.45) is 0 Å². The normalized spacial score (nSPS) is 9.92. The predicted octanol–water partition coefficient (Wildman–Crippen LogP) is 2.45. The first-order valence-corrected chi connectivity index (χ1v) is 4.67. The average Bonchev–Trinajstić information content (AvgIpc) is 2.09. The van der Waals surface area contributed by atoms with E-state index in [1.54, 1.807) is 14.2 Å². The molecule has 0 atom stereocenters. The van der Waals surface area contributed by atoms with Gasteiger partial charge in [0.2, 0.25) is 0 Å². The van der Waals surface area contributed by atoms with Crippen molar-refractivity contribution in [2.75, 3.05) is 14.2 Å². The van der Waals surface area contributed by atoms with E-state index in [0.29, 0.717) is 6.61 Å². The number of halogens is 1. The SMILES string of the molecule is COCc1ccc(OC)cc1I. The fraction of sp³-hybridized carbons (Fsp3) is 0.333. The Morgan fingerprint density at radius 1 is 1.33 bits per heavy atom. The molecule has 0 saturated carbocycles. The molecule has 0 heterocycles. The lowest BCUT2D eigenvalue weighted by Gasteiger charge is -2.05. The van der Waals surface area contributed by atoms with Crippen molar-refractivity contribution in [3.63, 3.8) is 0 Å². The first-order valence-electron chi connectivity index (χ1n) is 3.59. The molecule has 0 aliphatic heterocycles. The molecular weight excluding hydrogens is 267 g/mol. The molecular formula is C9H11IO2. The summed E-state index contributed by atoms with van der Waals surface area (Å²) in [4.78, 5) is 0. The number of ether oxygens (including phenoxy) is 2. The monoisotopic (exact) mass is 278 g/mol. The minimum absolute atomic E-state index is 0.655. The van der Waals surface area contributed by atoms with E-state index in [4.69, 9.17) is 9.47 Å². The minimum atomic E-state index is 0.655. The molecule has 3 heteroatoms. The van der Waals surface area contributed by atoms with Gasteiger partial charge in [-0.05, 0) is 40.3 Å². The van der Waals surface area contributed by atoms with E-state index < -0.39 is 0 Å². The number of benzene rings is 1. The largest absolute Gasteiger partial charge is 0.497 e. The van der Waals surface area contributed by atoms with Gasteiger partial charge in [0, 0.05) is 10.7 Å². The summed E-state index contributed by atoms with van der Waals surface area (Å²) in [6, 6.07) is 5.95. The third-order valence-corrected chi connectivity index (χ3v) is 2.56. The minimum Gasteiger partial charge on any atom is -0.497 e. The van der Waals surface area contributed by atoms with Gasteiger partial charge in [0.15, 0.2) is 0 Å². The van der Waals surface area contributed by atoms with Gasteiger partial charge in [-0.3, -0.25) is 0 Å². The maximum absolute atomic E-state index is 5.08. The smallest absolute Gasteiger partial charge is 0.119 e. The van der Waals surface area contributed by atoms with Crippen molar-refractivity contribution >= 4 is 22.6 Å². The van der Waals surface area contributed by atoms with Gasteiger partial charge in [0.05, 0.1) is 13.7 Å². The Labute approximate surface area is 86.0 Å². The van der Waals surface area contributed by atoms with Crippen LogP contribution in [0.3, 0.4) is 0 Å². The number of hydrogen-bond acceptors (Lipinski definition) is 2. The summed E-state index contributed by atoms with van der Waals surface area (Å²) in [5, 5.41) is 0. The van der Waals surface area contributed by atoms with Gasteiger partial charge < -0.3 is 9.47 Å². The second-order valence-electron chi connectivity index (χ2n) is 2.39. The standard InChI is InChI=1S/C9H11IO2/c1-11-6-7-3-4-8(12-2)5-9(7)10/h3-5H,6H2,1-2H3. The van der Waals surface area contributed by atoms with Crippen molar-refractivity contribution in [3.8, 4) is 5.75 Å². The van der Waals surface area contributed by atoms with E-state index in [-0.39, 0.29) is 0 Å². The number of methoxy groups -OCH3 is 2. The summed E-state index contributed by atoms with van der Waals surface area (Å²) in [7, 11) is 3.36. The summed E-state index contributed by atoms with van der Waals surface area (Å²) >= 11 is 2.27. The molecule has 12 heavy (non-hydrogen) atoms. The van der Waals surface area contributed by atoms with Crippen LogP contribution >= 0.6 is 22.6 Å². The summed E-state index contributed by atoms with van der Waals surface area (Å²) in [5.74, 6) is 0.888. The van der Waals surface area contributed by atoms with Crippen molar-refractivity contribution in [3.05, 3.63) is 27.3 Å². The van der Waals surface area contributed by atoms with Gasteiger partial charge in [-0.1, -0.05) is 6.07 Å². The van der Waals surface area contributed by atoms with E-state index in [9.17, 15) is 0 Å². The van der Waals surface area contributed by atoms with Crippen LogP contribution in [0.1, 0.15) is 5.56 Å². The van der Waals surface area contributed by atoms with Gasteiger partial charge in [-0.2, -0.15) is 0 Å². The van der Waals surface area contributed by atoms with Crippen LogP contribution in [0.2, 0.25) is 0 Å². The first kappa shape index (κ1) is 9.80. The molecule has 0 spiro atoms. The fourth-order valence-electron chi connectivity index (χ4n) is 0.928. The molecule has 1 aromatic carbocycles. The fourth-order valence-corrected chi connectivity index (χ4v) is 1.57. The molecule has 0 saturated heterocycles. The van der Waals surface area contributed by atoms with E-state index in [0.717, 1.165) is 5.75 Å². The Hall–Kier alpha value is -0.290. The van der Waals surface area contributed by atoms with Crippen LogP contribution in [-0.2, 0) is 11.3 Å². The maximum Gasteiger partial charge on any atom is 0.119 e. The van der Waals surface area contributed by atoms with Crippen molar-refractivity contribution in [2.45, 2.75) is 6.61 Å². The van der Waals surface area contributed by atoms with E-state index in [2.05, 4.69) is 22.6 Å². The highest BCUT2D eigenvalue weighted by atomic mass is 127. The second-order valence-corrected chi connectivity index (χ2v) is 3.55. The highest BCUT2D eigenvalue weighted by Gasteiger charge is 2.00. The van der Waals surface area contributed by atoms with Gasteiger partial charge in [0.1, 0.15) is 5.75 Å². The third-order valence-electron chi connectivity index (χ3n) is 1.56. The van der Waals surface area contributed by atoms with Gasteiger partial charge in [-0.15, -0.1) is 0 Å². The maximum atomic E-state index is 5.08. The Balaban J connectivity index is 2.87. The zero-order chi connectivity index (χ0) is 8.97. The average molecular weight is 278 g/mol. The van der Waals surface area contributed by atoms with Crippen molar-refractivity contribution < 1.29 is 9.47 Å². The molecule has 0 aromatic heterocycles. The Morgan fingerprint density at radius 3 is 2.58 bits per heavy atom. The van der Waals surface area contributed by atoms with Gasteiger partial charge in [0.25, 0.3) is 0 Å². The molecule has 0 N–H and O–H groups in total. The van der Waals surface area contributed by atoms with Gasteiger partial charge >= 0.3 is 0 Å². The lowest BCUT2D eigenvalue weighted by Crippen LogP contribution is -1.92. The van der Waals surface area contributed by atoms with Crippen LogP contribution in [0.15, 0.2) is 18.2 Å². The summed E-state index contributed by atoms with van der Waals surface area (Å²) < 4.78 is 11.3. The summed E-state index contributed by atoms with van der Waals surface area (Å²) in [6.45, 7) is 0.655. The van der Waals surface area contributed by atoms with Crippen LogP contribution < -0.4 is 4.74 Å². The van der Waals surface area contributed by atoms with E-state index >= 15 is 0 Å². The number of hydrogen-bond donors (Lipinski definition) is 0. The molecule has 0 radical (unpaired) electrons. The molecule has 0 fully saturated rings. The molecule has 0 bridgehead atoms. The second kappa shape index (κ2) is 4.67. The zero-order valence-electron chi connectivity index (χ0n) is 7.13. The van der Waals surface area contributed by atoms with E-state index in [1.807, 2.05) is 18.2 Å². The van der Waals surface area contributed by atoms with Crippen LogP contribution in [0.4, 0.5) is 0 Å². The molecule has 1 rings (SSSR count). The Morgan fingerprint density at radius 2 is 2.08 bits per heavy atom. The predicted molar refractivity (Wildman–Crippen MR) is 56.4 cm³/mol. The molecule has 66 valence electrons. The lowest BCUT2D eigenvalue weighted by molar-refractivity contribution is 0.184. The first-order chi connectivity index (χ1) is 5.77. The molecule has 0 aliphatic rings. The summed E-state index contributed by atoms with van der Waals surface area (Å²) in [5.41, 5.74) is 1.19. The number of rotatable bonds is 3. The molecule has 0 aliphatic carbocycles.